The Hall–Kier alpha value is -1.56. The third-order valence-corrected chi connectivity index (χ3v) is 4.67. The maximum atomic E-state index is 2.39. The fourth-order valence-electron chi connectivity index (χ4n) is 3.54. The molecule has 21 heavy (non-hydrogen) atoms. The Morgan fingerprint density at radius 3 is 2.48 bits per heavy atom. The second-order valence-electron chi connectivity index (χ2n) is 7.31. The number of aryl methyl sites for hydroxylation is 1. The molecule has 0 bridgehead atoms. The van der Waals surface area contributed by atoms with Crippen LogP contribution in [0.2, 0.25) is 0 Å². The number of hydrogen-bond donors (Lipinski definition) is 0. The molecule has 0 radical (unpaired) electrons. The zero-order chi connectivity index (χ0) is 15.0. The summed E-state index contributed by atoms with van der Waals surface area (Å²) in [5.74, 6) is 0. The van der Waals surface area contributed by atoms with E-state index in [9.17, 15) is 0 Å². The minimum Gasteiger partial charge on any atom is -0.0654 e. The van der Waals surface area contributed by atoms with Crippen LogP contribution < -0.4 is 0 Å². The van der Waals surface area contributed by atoms with Crippen molar-refractivity contribution in [3.63, 3.8) is 0 Å². The van der Waals surface area contributed by atoms with Crippen molar-refractivity contribution < 1.29 is 0 Å². The molecule has 1 aliphatic carbocycles. The predicted molar refractivity (Wildman–Crippen MR) is 92.0 cm³/mol. The van der Waals surface area contributed by atoms with Crippen molar-refractivity contribution in [2.24, 2.45) is 0 Å². The quantitative estimate of drug-likeness (QED) is 0.559. The molecule has 1 aliphatic rings. The average molecular weight is 278 g/mol. The van der Waals surface area contributed by atoms with Crippen LogP contribution in [0.3, 0.4) is 0 Å². The van der Waals surface area contributed by atoms with Crippen LogP contribution in [0.25, 0.3) is 11.1 Å². The summed E-state index contributed by atoms with van der Waals surface area (Å²) in [5, 5.41) is 0. The normalized spacial score (nSPS) is 13.1. The van der Waals surface area contributed by atoms with E-state index in [2.05, 4.69) is 64.1 Å². The summed E-state index contributed by atoms with van der Waals surface area (Å²) in [4.78, 5) is 0. The van der Waals surface area contributed by atoms with Crippen molar-refractivity contribution >= 4 is 0 Å². The second-order valence-corrected chi connectivity index (χ2v) is 7.31. The lowest BCUT2D eigenvalue weighted by atomic mass is 9.80. The molecule has 110 valence electrons. The van der Waals surface area contributed by atoms with Gasteiger partial charge >= 0.3 is 0 Å². The zero-order valence-corrected chi connectivity index (χ0v) is 13.8. The van der Waals surface area contributed by atoms with Gasteiger partial charge in [-0.25, -0.2) is 0 Å². The number of fused-ring (bicyclic) bond motifs is 3. The van der Waals surface area contributed by atoms with Crippen molar-refractivity contribution in [3.05, 3.63) is 58.7 Å². The van der Waals surface area contributed by atoms with E-state index < -0.39 is 0 Å². The fraction of sp³-hybridized carbons (Fsp3) is 0.429. The number of benzene rings is 2. The molecule has 0 saturated heterocycles. The first-order chi connectivity index (χ1) is 10.0. The van der Waals surface area contributed by atoms with Gasteiger partial charge in [-0.1, -0.05) is 70.5 Å². The van der Waals surface area contributed by atoms with Crippen LogP contribution in [0, 0.1) is 0 Å². The van der Waals surface area contributed by atoms with Gasteiger partial charge in [0.1, 0.15) is 0 Å². The number of unbranched alkanes of at least 4 members (excludes halogenated alkanes) is 1. The molecule has 2 aromatic rings. The summed E-state index contributed by atoms with van der Waals surface area (Å²) < 4.78 is 0. The van der Waals surface area contributed by atoms with E-state index >= 15 is 0 Å². The molecular formula is C21H26. The zero-order valence-electron chi connectivity index (χ0n) is 13.8. The first-order valence-corrected chi connectivity index (χ1v) is 8.26. The van der Waals surface area contributed by atoms with E-state index in [1.54, 1.807) is 11.1 Å². The topological polar surface area (TPSA) is 0 Å². The molecule has 0 heteroatoms. The van der Waals surface area contributed by atoms with Gasteiger partial charge in [-0.15, -0.1) is 0 Å². The molecule has 0 amide bonds. The number of rotatable bonds is 3. The minimum absolute atomic E-state index is 0.199. The molecule has 0 aromatic heterocycles. The summed E-state index contributed by atoms with van der Waals surface area (Å²) >= 11 is 0. The summed E-state index contributed by atoms with van der Waals surface area (Å²) in [6.45, 7) is 9.26. The first-order valence-electron chi connectivity index (χ1n) is 8.26. The Kier molecular flexibility index (Phi) is 3.65. The molecule has 0 unspecified atom stereocenters. The first kappa shape index (κ1) is 14.4. The van der Waals surface area contributed by atoms with Crippen LogP contribution in [-0.4, -0.2) is 0 Å². The summed E-state index contributed by atoms with van der Waals surface area (Å²) in [6.07, 6.45) is 4.89. The predicted octanol–water partition coefficient (Wildman–Crippen LogP) is 5.90. The average Bonchev–Trinajstić information content (AvgIpc) is 2.83. The van der Waals surface area contributed by atoms with E-state index in [0.717, 1.165) is 6.42 Å². The van der Waals surface area contributed by atoms with Gasteiger partial charge in [0.05, 0.1) is 0 Å². The van der Waals surface area contributed by atoms with Crippen molar-refractivity contribution in [1.29, 1.82) is 0 Å². The van der Waals surface area contributed by atoms with Crippen LogP contribution in [0.5, 0.6) is 0 Å². The summed E-state index contributed by atoms with van der Waals surface area (Å²) in [7, 11) is 0. The maximum Gasteiger partial charge on any atom is -0.00106 e. The number of hydrogen-bond acceptors (Lipinski definition) is 0. The van der Waals surface area contributed by atoms with E-state index in [-0.39, 0.29) is 5.41 Å². The fourth-order valence-corrected chi connectivity index (χ4v) is 3.54. The van der Waals surface area contributed by atoms with Gasteiger partial charge in [-0.3, -0.25) is 0 Å². The van der Waals surface area contributed by atoms with E-state index in [4.69, 9.17) is 0 Å². The maximum absolute atomic E-state index is 2.39. The highest BCUT2D eigenvalue weighted by Crippen LogP contribution is 2.44. The Morgan fingerprint density at radius 1 is 1.00 bits per heavy atom. The third-order valence-electron chi connectivity index (χ3n) is 4.67. The van der Waals surface area contributed by atoms with Gasteiger partial charge in [0.15, 0.2) is 0 Å². The van der Waals surface area contributed by atoms with Gasteiger partial charge in [0, 0.05) is 0 Å². The van der Waals surface area contributed by atoms with Crippen molar-refractivity contribution in [1.82, 2.24) is 0 Å². The monoisotopic (exact) mass is 278 g/mol. The van der Waals surface area contributed by atoms with Crippen LogP contribution >= 0.6 is 0 Å². The smallest absolute Gasteiger partial charge is 0.00106 e. The Morgan fingerprint density at radius 2 is 1.76 bits per heavy atom. The highest BCUT2D eigenvalue weighted by Gasteiger charge is 2.28. The molecule has 0 saturated carbocycles. The standard InChI is InChI=1S/C21H26/c1-5-6-9-15-12-13-19(21(2,3)4)20-17-11-8-7-10-16(17)14-18(15)20/h7-8,10-13H,5-6,9,14H2,1-4H3. The van der Waals surface area contributed by atoms with Gasteiger partial charge in [-0.2, -0.15) is 0 Å². The van der Waals surface area contributed by atoms with E-state index in [1.807, 2.05) is 0 Å². The van der Waals surface area contributed by atoms with Gasteiger partial charge in [0.25, 0.3) is 0 Å². The van der Waals surface area contributed by atoms with Gasteiger partial charge in [-0.05, 0) is 58.1 Å². The van der Waals surface area contributed by atoms with Gasteiger partial charge in [0.2, 0.25) is 0 Å². The molecule has 0 N–H and O–H groups in total. The lowest BCUT2D eigenvalue weighted by molar-refractivity contribution is 0.591. The summed E-state index contributed by atoms with van der Waals surface area (Å²) in [5.41, 5.74) is 9.37. The van der Waals surface area contributed by atoms with Crippen LogP contribution in [0.4, 0.5) is 0 Å². The molecule has 0 atom stereocenters. The molecule has 0 nitrogen and oxygen atoms in total. The Labute approximate surface area is 129 Å². The summed E-state index contributed by atoms with van der Waals surface area (Å²) in [6, 6.07) is 13.7. The highest BCUT2D eigenvalue weighted by molar-refractivity contribution is 5.81. The third kappa shape index (κ3) is 2.52. The lowest BCUT2D eigenvalue weighted by Gasteiger charge is -2.24. The molecule has 3 rings (SSSR count). The van der Waals surface area contributed by atoms with E-state index in [1.165, 1.54) is 41.5 Å². The largest absolute Gasteiger partial charge is 0.0654 e. The molecule has 0 fully saturated rings. The lowest BCUT2D eigenvalue weighted by Crippen LogP contribution is -2.13. The van der Waals surface area contributed by atoms with Crippen molar-refractivity contribution in [2.45, 2.75) is 58.8 Å². The SMILES string of the molecule is CCCCc1ccc(C(C)(C)C)c2c1Cc1ccccc1-2. The Balaban J connectivity index is 2.19. The molecular weight excluding hydrogens is 252 g/mol. The van der Waals surface area contributed by atoms with Gasteiger partial charge < -0.3 is 0 Å². The Bertz CT molecular complexity index is 656. The van der Waals surface area contributed by atoms with Crippen molar-refractivity contribution in [2.75, 3.05) is 0 Å². The van der Waals surface area contributed by atoms with E-state index in [0.29, 0.717) is 0 Å². The van der Waals surface area contributed by atoms with Crippen LogP contribution in [0.15, 0.2) is 36.4 Å². The van der Waals surface area contributed by atoms with Crippen molar-refractivity contribution in [3.8, 4) is 11.1 Å². The molecule has 0 heterocycles. The molecule has 2 aromatic carbocycles. The highest BCUT2D eigenvalue weighted by atomic mass is 14.3. The second kappa shape index (κ2) is 5.33. The van der Waals surface area contributed by atoms with Crippen LogP contribution in [0.1, 0.15) is 62.8 Å². The molecule has 0 spiro atoms. The molecule has 0 aliphatic heterocycles. The van der Waals surface area contributed by atoms with Crippen LogP contribution in [-0.2, 0) is 18.3 Å². The minimum atomic E-state index is 0.199.